The van der Waals surface area contributed by atoms with Gasteiger partial charge < -0.3 is 5.32 Å². The molecular formula is C12H21N. The van der Waals surface area contributed by atoms with E-state index in [0.29, 0.717) is 0 Å². The van der Waals surface area contributed by atoms with E-state index in [1.165, 1.54) is 38.5 Å². The molecule has 3 fully saturated rings. The van der Waals surface area contributed by atoms with Crippen molar-refractivity contribution in [1.82, 2.24) is 5.32 Å². The maximum absolute atomic E-state index is 3.92. The predicted molar refractivity (Wildman–Crippen MR) is 54.6 cm³/mol. The zero-order valence-corrected chi connectivity index (χ0v) is 8.63. The van der Waals surface area contributed by atoms with Crippen LogP contribution in [0.2, 0.25) is 0 Å². The molecule has 2 unspecified atom stereocenters. The molecule has 0 radical (unpaired) electrons. The van der Waals surface area contributed by atoms with Crippen molar-refractivity contribution in [2.45, 2.75) is 57.5 Å². The molecule has 0 aromatic carbocycles. The second kappa shape index (κ2) is 2.98. The van der Waals surface area contributed by atoms with Gasteiger partial charge in [-0.1, -0.05) is 13.3 Å². The molecule has 1 heteroatoms. The SMILES string of the molecule is CCC1CC1NC(C1CC1)C1CC1. The first-order valence-corrected chi connectivity index (χ1v) is 6.14. The molecule has 74 valence electrons. The molecule has 0 saturated heterocycles. The predicted octanol–water partition coefficient (Wildman–Crippen LogP) is 2.56. The molecule has 0 aromatic heterocycles. The van der Waals surface area contributed by atoms with Crippen molar-refractivity contribution < 1.29 is 0 Å². The first-order valence-electron chi connectivity index (χ1n) is 6.14. The third-order valence-electron chi connectivity index (χ3n) is 4.11. The summed E-state index contributed by atoms with van der Waals surface area (Å²) in [5.74, 6) is 3.18. The van der Waals surface area contributed by atoms with Gasteiger partial charge in [0.05, 0.1) is 0 Å². The number of hydrogen-bond donors (Lipinski definition) is 1. The molecule has 13 heavy (non-hydrogen) atoms. The minimum absolute atomic E-state index is 0.913. The highest BCUT2D eigenvalue weighted by Crippen LogP contribution is 2.46. The van der Waals surface area contributed by atoms with Crippen LogP contribution in [0.15, 0.2) is 0 Å². The van der Waals surface area contributed by atoms with Crippen LogP contribution in [0.3, 0.4) is 0 Å². The van der Waals surface area contributed by atoms with E-state index >= 15 is 0 Å². The molecule has 3 aliphatic carbocycles. The van der Waals surface area contributed by atoms with E-state index in [4.69, 9.17) is 0 Å². The van der Waals surface area contributed by atoms with Crippen LogP contribution in [0.5, 0.6) is 0 Å². The summed E-state index contributed by atoms with van der Waals surface area (Å²) < 4.78 is 0. The van der Waals surface area contributed by atoms with Crippen LogP contribution in [0.25, 0.3) is 0 Å². The number of hydrogen-bond acceptors (Lipinski definition) is 1. The largest absolute Gasteiger partial charge is 0.310 e. The minimum atomic E-state index is 0.913. The lowest BCUT2D eigenvalue weighted by Gasteiger charge is -2.17. The highest BCUT2D eigenvalue weighted by molar-refractivity contribution is 5.02. The molecule has 1 N–H and O–H groups in total. The van der Waals surface area contributed by atoms with Gasteiger partial charge in [-0.15, -0.1) is 0 Å². The molecule has 0 aliphatic heterocycles. The van der Waals surface area contributed by atoms with Crippen LogP contribution < -0.4 is 5.32 Å². The highest BCUT2D eigenvalue weighted by Gasteiger charge is 2.45. The average molecular weight is 179 g/mol. The zero-order chi connectivity index (χ0) is 8.84. The van der Waals surface area contributed by atoms with Gasteiger partial charge in [0.15, 0.2) is 0 Å². The van der Waals surface area contributed by atoms with Gasteiger partial charge >= 0.3 is 0 Å². The van der Waals surface area contributed by atoms with E-state index in [-0.39, 0.29) is 0 Å². The van der Waals surface area contributed by atoms with Gasteiger partial charge in [-0.25, -0.2) is 0 Å². The van der Waals surface area contributed by atoms with Crippen molar-refractivity contribution in [3.8, 4) is 0 Å². The highest BCUT2D eigenvalue weighted by atomic mass is 15.0. The van der Waals surface area contributed by atoms with E-state index in [1.807, 2.05) is 0 Å². The van der Waals surface area contributed by atoms with Crippen LogP contribution in [-0.4, -0.2) is 12.1 Å². The normalized spacial score (nSPS) is 38.3. The summed E-state index contributed by atoms with van der Waals surface area (Å²) >= 11 is 0. The van der Waals surface area contributed by atoms with Gasteiger partial charge in [0.25, 0.3) is 0 Å². The van der Waals surface area contributed by atoms with E-state index in [9.17, 15) is 0 Å². The summed E-state index contributed by atoms with van der Waals surface area (Å²) in [4.78, 5) is 0. The second-order valence-corrected chi connectivity index (χ2v) is 5.38. The lowest BCUT2D eigenvalue weighted by atomic mass is 10.1. The molecule has 2 atom stereocenters. The fraction of sp³-hybridized carbons (Fsp3) is 1.00. The second-order valence-electron chi connectivity index (χ2n) is 5.38. The summed E-state index contributed by atoms with van der Waals surface area (Å²) in [7, 11) is 0. The third kappa shape index (κ3) is 1.76. The van der Waals surface area contributed by atoms with Crippen molar-refractivity contribution in [3.05, 3.63) is 0 Å². The van der Waals surface area contributed by atoms with Gasteiger partial charge in [0, 0.05) is 12.1 Å². The van der Waals surface area contributed by atoms with Crippen LogP contribution in [0.1, 0.15) is 45.4 Å². The van der Waals surface area contributed by atoms with Crippen molar-refractivity contribution in [1.29, 1.82) is 0 Å². The summed E-state index contributed by atoms with van der Waals surface area (Å²) in [5.41, 5.74) is 0. The Kier molecular flexibility index (Phi) is 1.90. The van der Waals surface area contributed by atoms with E-state index in [0.717, 1.165) is 29.8 Å². The molecule has 0 amide bonds. The third-order valence-corrected chi connectivity index (χ3v) is 4.11. The van der Waals surface area contributed by atoms with Crippen LogP contribution in [0, 0.1) is 17.8 Å². The van der Waals surface area contributed by atoms with Crippen molar-refractivity contribution in [2.75, 3.05) is 0 Å². The molecular weight excluding hydrogens is 158 g/mol. The molecule has 0 spiro atoms. The zero-order valence-electron chi connectivity index (χ0n) is 8.63. The van der Waals surface area contributed by atoms with Crippen molar-refractivity contribution >= 4 is 0 Å². The van der Waals surface area contributed by atoms with Crippen LogP contribution >= 0.6 is 0 Å². The Morgan fingerprint density at radius 2 is 1.77 bits per heavy atom. The summed E-state index contributed by atoms with van der Waals surface area (Å²) in [6, 6.07) is 1.85. The quantitative estimate of drug-likeness (QED) is 0.684. The Morgan fingerprint density at radius 3 is 2.15 bits per heavy atom. The van der Waals surface area contributed by atoms with Gasteiger partial charge in [-0.2, -0.15) is 0 Å². The van der Waals surface area contributed by atoms with Gasteiger partial charge in [-0.3, -0.25) is 0 Å². The number of rotatable bonds is 5. The summed E-state index contributed by atoms with van der Waals surface area (Å²) in [6.45, 7) is 2.33. The van der Waals surface area contributed by atoms with Crippen LogP contribution in [-0.2, 0) is 0 Å². The van der Waals surface area contributed by atoms with Crippen molar-refractivity contribution in [3.63, 3.8) is 0 Å². The Labute approximate surface area is 81.3 Å². The molecule has 3 rings (SSSR count). The smallest absolute Gasteiger partial charge is 0.0126 e. The summed E-state index contributed by atoms with van der Waals surface area (Å²) in [6.07, 6.45) is 8.90. The maximum atomic E-state index is 3.92. The molecule has 3 saturated carbocycles. The topological polar surface area (TPSA) is 12.0 Å². The van der Waals surface area contributed by atoms with E-state index in [1.54, 1.807) is 0 Å². The molecule has 0 bridgehead atoms. The Hall–Kier alpha value is -0.0400. The Bertz CT molecular complexity index is 181. The van der Waals surface area contributed by atoms with E-state index in [2.05, 4.69) is 12.2 Å². The molecule has 0 heterocycles. The van der Waals surface area contributed by atoms with Gasteiger partial charge in [0.1, 0.15) is 0 Å². The van der Waals surface area contributed by atoms with E-state index < -0.39 is 0 Å². The fourth-order valence-corrected chi connectivity index (χ4v) is 2.72. The molecule has 3 aliphatic rings. The first-order chi connectivity index (χ1) is 6.38. The maximum Gasteiger partial charge on any atom is 0.0126 e. The van der Waals surface area contributed by atoms with Gasteiger partial charge in [0.2, 0.25) is 0 Å². The lowest BCUT2D eigenvalue weighted by Crippen LogP contribution is -2.35. The average Bonchev–Trinajstić information content (AvgIpc) is 2.99. The fourth-order valence-electron chi connectivity index (χ4n) is 2.72. The standard InChI is InChI=1S/C12H21N/c1-2-8-7-11(8)13-12(9-3-4-9)10-5-6-10/h8-13H,2-7H2,1H3. The van der Waals surface area contributed by atoms with Crippen LogP contribution in [0.4, 0.5) is 0 Å². The summed E-state index contributed by atoms with van der Waals surface area (Å²) in [5, 5.41) is 3.92. The Morgan fingerprint density at radius 1 is 1.15 bits per heavy atom. The lowest BCUT2D eigenvalue weighted by molar-refractivity contribution is 0.403. The Balaban J connectivity index is 1.51. The number of nitrogens with one attached hydrogen (secondary N) is 1. The molecule has 0 aromatic rings. The van der Waals surface area contributed by atoms with Gasteiger partial charge in [-0.05, 0) is 49.9 Å². The van der Waals surface area contributed by atoms with Crippen molar-refractivity contribution in [2.24, 2.45) is 17.8 Å². The molecule has 1 nitrogen and oxygen atoms in total. The first kappa shape index (κ1) is 8.28. The minimum Gasteiger partial charge on any atom is -0.310 e. The monoisotopic (exact) mass is 179 g/mol.